The fourth-order valence-electron chi connectivity index (χ4n) is 1.25. The summed E-state index contributed by atoms with van der Waals surface area (Å²) >= 11 is 1.14. The number of pyridine rings is 1. The number of esters is 1. The average Bonchev–Trinajstić information content (AvgIpc) is 2.60. The van der Waals surface area contributed by atoms with Gasteiger partial charge in [-0.1, -0.05) is 0 Å². The van der Waals surface area contributed by atoms with Crippen molar-refractivity contribution in [2.75, 3.05) is 7.11 Å². The lowest BCUT2D eigenvalue weighted by molar-refractivity contribution is -0.904. The number of fused-ring (bicyclic) bond motifs is 1. The van der Waals surface area contributed by atoms with Crippen LogP contribution in [0.15, 0.2) is 18.5 Å². The fraction of sp³-hybridized carbons (Fsp3) is 0.111. The predicted molar refractivity (Wildman–Crippen MR) is 52.2 cm³/mol. The summed E-state index contributed by atoms with van der Waals surface area (Å²) < 4.78 is 5.91. The van der Waals surface area contributed by atoms with Crippen LogP contribution in [0, 0.1) is 0 Å². The van der Waals surface area contributed by atoms with Crippen LogP contribution in [-0.4, -0.2) is 23.4 Å². The number of hydrogen-bond donors (Lipinski definition) is 2. The molecule has 0 spiro atoms. The SMILES string of the molecule is COC(=O)c1cc2c(O)c[n+](O)cc2s1. The van der Waals surface area contributed by atoms with E-state index in [2.05, 4.69) is 4.74 Å². The van der Waals surface area contributed by atoms with Crippen molar-refractivity contribution in [2.24, 2.45) is 0 Å². The van der Waals surface area contributed by atoms with Crippen LogP contribution in [0.3, 0.4) is 0 Å². The van der Waals surface area contributed by atoms with Crippen LogP contribution in [0.1, 0.15) is 9.67 Å². The van der Waals surface area contributed by atoms with Crippen molar-refractivity contribution >= 4 is 27.4 Å². The lowest BCUT2D eigenvalue weighted by atomic mass is 10.3. The fourth-order valence-corrected chi connectivity index (χ4v) is 2.27. The van der Waals surface area contributed by atoms with Crippen molar-refractivity contribution in [3.05, 3.63) is 23.3 Å². The molecule has 15 heavy (non-hydrogen) atoms. The molecule has 2 heterocycles. The Balaban J connectivity index is 2.65. The lowest BCUT2D eigenvalue weighted by Crippen LogP contribution is -2.27. The summed E-state index contributed by atoms with van der Waals surface area (Å²) in [6.07, 6.45) is 2.56. The Morgan fingerprint density at radius 1 is 1.53 bits per heavy atom. The molecule has 0 radical (unpaired) electrons. The van der Waals surface area contributed by atoms with E-state index in [0.29, 0.717) is 15.0 Å². The zero-order valence-corrected chi connectivity index (χ0v) is 8.61. The number of methoxy groups -OCH3 is 1. The number of ether oxygens (including phenoxy) is 1. The summed E-state index contributed by atoms with van der Waals surface area (Å²) in [5.41, 5.74) is 0. The lowest BCUT2D eigenvalue weighted by Gasteiger charge is -1.90. The van der Waals surface area contributed by atoms with Crippen molar-refractivity contribution in [1.82, 2.24) is 0 Å². The van der Waals surface area contributed by atoms with E-state index in [1.165, 1.54) is 19.4 Å². The number of hydrogen-bond acceptors (Lipinski definition) is 5. The van der Waals surface area contributed by atoms with E-state index in [1.807, 2.05) is 0 Å². The van der Waals surface area contributed by atoms with Gasteiger partial charge in [-0.2, -0.15) is 0 Å². The van der Waals surface area contributed by atoms with Crippen LogP contribution in [0.2, 0.25) is 0 Å². The van der Waals surface area contributed by atoms with Gasteiger partial charge in [-0.15, -0.1) is 11.3 Å². The summed E-state index contributed by atoms with van der Waals surface area (Å²) in [6, 6.07) is 1.53. The maximum absolute atomic E-state index is 11.2. The van der Waals surface area contributed by atoms with Crippen LogP contribution >= 0.6 is 11.3 Å². The molecule has 5 nitrogen and oxygen atoms in total. The molecule has 6 heteroatoms. The van der Waals surface area contributed by atoms with E-state index in [1.54, 1.807) is 0 Å². The quantitative estimate of drug-likeness (QED) is 0.431. The minimum absolute atomic E-state index is 0.0820. The molecule has 0 amide bonds. The van der Waals surface area contributed by atoms with Gasteiger partial charge in [0.05, 0.1) is 7.11 Å². The minimum Gasteiger partial charge on any atom is -0.502 e. The Labute approximate surface area is 88.7 Å². The average molecular weight is 226 g/mol. The highest BCUT2D eigenvalue weighted by atomic mass is 32.1. The Hall–Kier alpha value is -1.82. The highest BCUT2D eigenvalue weighted by Gasteiger charge is 2.16. The summed E-state index contributed by atoms with van der Waals surface area (Å²) in [5.74, 6) is -0.540. The number of carbonyl (C=O) groups excluding carboxylic acids is 1. The number of rotatable bonds is 1. The molecule has 78 valence electrons. The van der Waals surface area contributed by atoms with Crippen molar-refractivity contribution < 1.29 is 24.6 Å². The van der Waals surface area contributed by atoms with Gasteiger partial charge >= 0.3 is 5.97 Å². The number of carbonyl (C=O) groups is 1. The van der Waals surface area contributed by atoms with E-state index < -0.39 is 5.97 Å². The molecule has 0 saturated carbocycles. The van der Waals surface area contributed by atoms with Crippen molar-refractivity contribution in [3.8, 4) is 5.75 Å². The van der Waals surface area contributed by atoms with Crippen LogP contribution in [0.5, 0.6) is 5.75 Å². The first-order chi connectivity index (χ1) is 7.11. The second-order valence-electron chi connectivity index (χ2n) is 2.90. The molecule has 0 fully saturated rings. The molecule has 2 rings (SSSR count). The monoisotopic (exact) mass is 226 g/mol. The van der Waals surface area contributed by atoms with Crippen molar-refractivity contribution in [2.45, 2.75) is 0 Å². The Bertz CT molecular complexity index is 534. The van der Waals surface area contributed by atoms with Crippen molar-refractivity contribution in [3.63, 3.8) is 0 Å². The first kappa shape index (κ1) is 9.72. The Morgan fingerprint density at radius 3 is 2.93 bits per heavy atom. The van der Waals surface area contributed by atoms with Gasteiger partial charge in [-0.05, 0) is 6.07 Å². The number of aromatic nitrogens is 1. The second kappa shape index (κ2) is 3.39. The molecule has 0 atom stereocenters. The Morgan fingerprint density at radius 2 is 2.27 bits per heavy atom. The predicted octanol–water partition coefficient (Wildman–Crippen LogP) is 0.918. The van der Waals surface area contributed by atoms with Crippen LogP contribution < -0.4 is 4.73 Å². The van der Waals surface area contributed by atoms with E-state index in [4.69, 9.17) is 5.21 Å². The molecule has 0 aromatic carbocycles. The third-order valence-corrected chi connectivity index (χ3v) is 2.98. The van der Waals surface area contributed by atoms with Crippen molar-refractivity contribution in [1.29, 1.82) is 0 Å². The molecule has 0 aliphatic rings. The first-order valence-electron chi connectivity index (χ1n) is 4.07. The van der Waals surface area contributed by atoms with Gasteiger partial charge in [0.15, 0.2) is 5.75 Å². The molecule has 2 N–H and O–H groups in total. The minimum atomic E-state index is -0.458. The Kier molecular flexibility index (Phi) is 2.20. The number of aromatic hydroxyl groups is 1. The molecular weight excluding hydrogens is 218 g/mol. The largest absolute Gasteiger partial charge is 0.502 e. The van der Waals surface area contributed by atoms with Gasteiger partial charge in [0.2, 0.25) is 6.20 Å². The molecule has 2 aromatic rings. The molecule has 0 aliphatic carbocycles. The third kappa shape index (κ3) is 1.59. The van der Waals surface area contributed by atoms with Gasteiger partial charge in [0.1, 0.15) is 9.58 Å². The normalized spacial score (nSPS) is 10.5. The summed E-state index contributed by atoms with van der Waals surface area (Å²) in [4.78, 5) is 11.6. The third-order valence-electron chi connectivity index (χ3n) is 1.93. The van der Waals surface area contributed by atoms with Crippen LogP contribution in [0.4, 0.5) is 0 Å². The highest BCUT2D eigenvalue weighted by molar-refractivity contribution is 7.20. The topological polar surface area (TPSA) is 70.6 Å². The summed E-state index contributed by atoms with van der Waals surface area (Å²) in [7, 11) is 1.29. The summed E-state index contributed by atoms with van der Waals surface area (Å²) in [5, 5.41) is 19.2. The first-order valence-corrected chi connectivity index (χ1v) is 4.89. The van der Waals surface area contributed by atoms with E-state index >= 15 is 0 Å². The van der Waals surface area contributed by atoms with E-state index in [0.717, 1.165) is 22.3 Å². The standard InChI is InChI=1S/C9H7NO4S/c1-14-9(12)7-2-5-6(11)3-10(13)4-8(5)15-7/h2-4H,1H3,(H-,11,12,13)/p+1. The van der Waals surface area contributed by atoms with Gasteiger partial charge < -0.3 is 9.84 Å². The van der Waals surface area contributed by atoms with E-state index in [-0.39, 0.29) is 5.75 Å². The van der Waals surface area contributed by atoms with Crippen LogP contribution in [0.25, 0.3) is 10.1 Å². The van der Waals surface area contributed by atoms with Gasteiger partial charge in [0.25, 0.3) is 6.20 Å². The van der Waals surface area contributed by atoms with Gasteiger partial charge in [-0.3, -0.25) is 5.21 Å². The second-order valence-corrected chi connectivity index (χ2v) is 3.99. The summed E-state index contributed by atoms with van der Waals surface area (Å²) in [6.45, 7) is 0. The number of thiophene rings is 1. The molecule has 0 unspecified atom stereocenters. The molecular formula is C9H8NO4S+. The van der Waals surface area contributed by atoms with E-state index in [9.17, 15) is 9.90 Å². The van der Waals surface area contributed by atoms with Gasteiger partial charge in [-0.25, -0.2) is 4.79 Å². The zero-order valence-electron chi connectivity index (χ0n) is 7.80. The highest BCUT2D eigenvalue weighted by Crippen LogP contribution is 2.30. The molecule has 0 saturated heterocycles. The maximum Gasteiger partial charge on any atom is 0.348 e. The molecule has 0 bridgehead atoms. The number of nitrogens with zero attached hydrogens (tertiary/aromatic N) is 1. The molecule has 2 aromatic heterocycles. The smallest absolute Gasteiger partial charge is 0.348 e. The maximum atomic E-state index is 11.2. The van der Waals surface area contributed by atoms with Crippen LogP contribution in [-0.2, 0) is 4.74 Å². The zero-order chi connectivity index (χ0) is 11.0. The van der Waals surface area contributed by atoms with Gasteiger partial charge in [0, 0.05) is 10.1 Å². The molecule has 0 aliphatic heterocycles.